The smallest absolute Gasteiger partial charge is 0.240 e. The van der Waals surface area contributed by atoms with Crippen LogP contribution in [0.25, 0.3) is 0 Å². The zero-order valence-electron chi connectivity index (χ0n) is 11.1. The van der Waals surface area contributed by atoms with Crippen molar-refractivity contribution in [1.29, 1.82) is 0 Å². The number of carbonyl (C=O) groups is 1. The Morgan fingerprint density at radius 1 is 1.29 bits per heavy atom. The SMILES string of the molecule is CCCCC(CCC)CNC(=O)C1(N)CC1.Cl. The first kappa shape index (κ1) is 16.7. The molecule has 0 aromatic carbocycles. The summed E-state index contributed by atoms with van der Waals surface area (Å²) < 4.78 is 0. The first-order valence-electron chi connectivity index (χ1n) is 6.69. The highest BCUT2D eigenvalue weighted by atomic mass is 35.5. The van der Waals surface area contributed by atoms with Gasteiger partial charge in [0.15, 0.2) is 0 Å². The van der Waals surface area contributed by atoms with Gasteiger partial charge >= 0.3 is 0 Å². The number of nitrogens with one attached hydrogen (secondary N) is 1. The fraction of sp³-hybridized carbons (Fsp3) is 0.923. The second-order valence-electron chi connectivity index (χ2n) is 5.16. The molecule has 3 N–H and O–H groups in total. The van der Waals surface area contributed by atoms with E-state index in [-0.39, 0.29) is 18.3 Å². The zero-order chi connectivity index (χ0) is 12.0. The van der Waals surface area contributed by atoms with Crippen LogP contribution in [0.1, 0.15) is 58.8 Å². The Labute approximate surface area is 111 Å². The quantitative estimate of drug-likeness (QED) is 0.707. The van der Waals surface area contributed by atoms with Gasteiger partial charge in [0.1, 0.15) is 0 Å². The van der Waals surface area contributed by atoms with Crippen molar-refractivity contribution < 1.29 is 4.79 Å². The van der Waals surface area contributed by atoms with Gasteiger partial charge in [0.2, 0.25) is 5.91 Å². The lowest BCUT2D eigenvalue weighted by atomic mass is 9.97. The van der Waals surface area contributed by atoms with E-state index >= 15 is 0 Å². The van der Waals surface area contributed by atoms with Crippen molar-refractivity contribution >= 4 is 18.3 Å². The van der Waals surface area contributed by atoms with Crippen molar-refractivity contribution in [2.45, 2.75) is 64.3 Å². The molecule has 1 atom stereocenters. The average molecular weight is 263 g/mol. The van der Waals surface area contributed by atoms with Crippen molar-refractivity contribution in [2.24, 2.45) is 11.7 Å². The Morgan fingerprint density at radius 2 is 1.94 bits per heavy atom. The summed E-state index contributed by atoms with van der Waals surface area (Å²) in [5.41, 5.74) is 5.33. The highest BCUT2D eigenvalue weighted by molar-refractivity contribution is 5.88. The monoisotopic (exact) mass is 262 g/mol. The molecular formula is C13H27ClN2O. The van der Waals surface area contributed by atoms with Crippen LogP contribution in [0, 0.1) is 5.92 Å². The summed E-state index contributed by atoms with van der Waals surface area (Å²) in [6.45, 7) is 5.22. The molecule has 1 aliphatic rings. The Bertz CT molecular complexity index is 229. The number of nitrogens with two attached hydrogens (primary N) is 1. The van der Waals surface area contributed by atoms with Crippen LogP contribution in [0.15, 0.2) is 0 Å². The molecule has 1 unspecified atom stereocenters. The first-order chi connectivity index (χ1) is 7.62. The minimum absolute atomic E-state index is 0. The Balaban J connectivity index is 0.00000256. The third-order valence-corrected chi connectivity index (χ3v) is 3.46. The largest absolute Gasteiger partial charge is 0.354 e. The van der Waals surface area contributed by atoms with Gasteiger partial charge in [-0.15, -0.1) is 12.4 Å². The van der Waals surface area contributed by atoms with E-state index in [0.717, 1.165) is 19.4 Å². The van der Waals surface area contributed by atoms with Gasteiger partial charge in [0.05, 0.1) is 5.54 Å². The van der Waals surface area contributed by atoms with E-state index in [0.29, 0.717) is 5.92 Å². The molecule has 0 saturated heterocycles. The summed E-state index contributed by atoms with van der Waals surface area (Å²) in [5.74, 6) is 0.696. The molecule has 0 radical (unpaired) electrons. The molecule has 0 aromatic heterocycles. The lowest BCUT2D eigenvalue weighted by Gasteiger charge is -2.18. The summed E-state index contributed by atoms with van der Waals surface area (Å²) >= 11 is 0. The number of hydrogen-bond acceptors (Lipinski definition) is 2. The van der Waals surface area contributed by atoms with Crippen molar-refractivity contribution in [2.75, 3.05) is 6.54 Å². The van der Waals surface area contributed by atoms with E-state index in [1.54, 1.807) is 0 Å². The summed E-state index contributed by atoms with van der Waals surface area (Å²) in [6, 6.07) is 0. The molecule has 17 heavy (non-hydrogen) atoms. The van der Waals surface area contributed by atoms with E-state index in [1.165, 1.54) is 32.1 Å². The molecule has 1 rings (SSSR count). The van der Waals surface area contributed by atoms with Crippen molar-refractivity contribution in [3.05, 3.63) is 0 Å². The van der Waals surface area contributed by atoms with Gasteiger partial charge in [-0.25, -0.2) is 0 Å². The van der Waals surface area contributed by atoms with Crippen LogP contribution >= 0.6 is 12.4 Å². The van der Waals surface area contributed by atoms with Crippen LogP contribution in [-0.4, -0.2) is 18.0 Å². The molecule has 0 aromatic rings. The second kappa shape index (κ2) is 7.93. The predicted octanol–water partition coefficient (Wildman–Crippen LogP) is 2.62. The number of carbonyl (C=O) groups excluding carboxylic acids is 1. The molecule has 0 bridgehead atoms. The summed E-state index contributed by atoms with van der Waals surface area (Å²) in [5, 5.41) is 3.01. The van der Waals surface area contributed by atoms with Crippen LogP contribution in [0.5, 0.6) is 0 Å². The number of amides is 1. The van der Waals surface area contributed by atoms with E-state index < -0.39 is 5.54 Å². The van der Waals surface area contributed by atoms with Gasteiger partial charge < -0.3 is 11.1 Å². The van der Waals surface area contributed by atoms with Crippen molar-refractivity contribution in [3.63, 3.8) is 0 Å². The van der Waals surface area contributed by atoms with Gasteiger partial charge in [-0.2, -0.15) is 0 Å². The topological polar surface area (TPSA) is 55.1 Å². The van der Waals surface area contributed by atoms with Crippen LogP contribution in [0.2, 0.25) is 0 Å². The predicted molar refractivity (Wildman–Crippen MR) is 74.3 cm³/mol. The maximum Gasteiger partial charge on any atom is 0.240 e. The first-order valence-corrected chi connectivity index (χ1v) is 6.69. The molecular weight excluding hydrogens is 236 g/mol. The molecule has 4 heteroatoms. The molecule has 0 heterocycles. The van der Waals surface area contributed by atoms with Gasteiger partial charge in [0, 0.05) is 6.54 Å². The minimum Gasteiger partial charge on any atom is -0.354 e. The molecule has 102 valence electrons. The number of unbranched alkanes of at least 4 members (excludes halogenated alkanes) is 1. The Morgan fingerprint density at radius 3 is 2.41 bits per heavy atom. The third kappa shape index (κ3) is 5.73. The molecule has 3 nitrogen and oxygen atoms in total. The number of halogens is 1. The van der Waals surface area contributed by atoms with Crippen LogP contribution < -0.4 is 11.1 Å². The molecule has 1 aliphatic carbocycles. The maximum absolute atomic E-state index is 11.7. The highest BCUT2D eigenvalue weighted by Crippen LogP contribution is 2.32. The number of hydrogen-bond donors (Lipinski definition) is 2. The van der Waals surface area contributed by atoms with Crippen molar-refractivity contribution in [3.8, 4) is 0 Å². The molecule has 0 aliphatic heterocycles. The second-order valence-corrected chi connectivity index (χ2v) is 5.16. The Kier molecular flexibility index (Phi) is 7.80. The fourth-order valence-corrected chi connectivity index (χ4v) is 2.02. The third-order valence-electron chi connectivity index (χ3n) is 3.46. The van der Waals surface area contributed by atoms with Gasteiger partial charge in [-0.1, -0.05) is 33.1 Å². The minimum atomic E-state index is -0.512. The fourth-order valence-electron chi connectivity index (χ4n) is 2.02. The number of rotatable bonds is 8. The van der Waals surface area contributed by atoms with Gasteiger partial charge in [0.25, 0.3) is 0 Å². The zero-order valence-corrected chi connectivity index (χ0v) is 11.9. The van der Waals surface area contributed by atoms with Crippen LogP contribution in [0.4, 0.5) is 0 Å². The van der Waals surface area contributed by atoms with E-state index in [2.05, 4.69) is 19.2 Å². The molecule has 1 saturated carbocycles. The van der Waals surface area contributed by atoms with Gasteiger partial charge in [-0.3, -0.25) is 4.79 Å². The summed E-state index contributed by atoms with van der Waals surface area (Å²) in [6.07, 6.45) is 7.82. The maximum atomic E-state index is 11.7. The highest BCUT2D eigenvalue weighted by Gasteiger charge is 2.45. The average Bonchev–Trinajstić information content (AvgIpc) is 3.01. The normalized spacial score (nSPS) is 18.1. The standard InChI is InChI=1S/C13H26N2O.ClH/c1-3-5-7-11(6-4-2)10-15-12(16)13(14)8-9-13;/h11H,3-10,14H2,1-2H3,(H,15,16);1H. The lowest BCUT2D eigenvalue weighted by molar-refractivity contribution is -0.123. The molecule has 0 spiro atoms. The Hall–Kier alpha value is -0.280. The van der Waals surface area contributed by atoms with E-state index in [1.807, 2.05) is 0 Å². The summed E-state index contributed by atoms with van der Waals surface area (Å²) in [7, 11) is 0. The van der Waals surface area contributed by atoms with Crippen LogP contribution in [0.3, 0.4) is 0 Å². The van der Waals surface area contributed by atoms with Crippen LogP contribution in [-0.2, 0) is 4.79 Å². The summed E-state index contributed by atoms with van der Waals surface area (Å²) in [4.78, 5) is 11.7. The molecule has 1 amide bonds. The van der Waals surface area contributed by atoms with Crippen molar-refractivity contribution in [1.82, 2.24) is 5.32 Å². The molecule has 1 fully saturated rings. The lowest BCUT2D eigenvalue weighted by Crippen LogP contribution is -2.44. The van der Waals surface area contributed by atoms with Gasteiger partial charge in [-0.05, 0) is 31.6 Å². The van der Waals surface area contributed by atoms with E-state index in [9.17, 15) is 4.79 Å². The van der Waals surface area contributed by atoms with E-state index in [4.69, 9.17) is 5.73 Å².